The van der Waals surface area contributed by atoms with Gasteiger partial charge in [0.1, 0.15) is 0 Å². The summed E-state index contributed by atoms with van der Waals surface area (Å²) in [6.45, 7) is 4.37. The smallest absolute Gasteiger partial charge is 0.0367 e. The van der Waals surface area contributed by atoms with E-state index in [0.717, 1.165) is 11.3 Å². The second-order valence-electron chi connectivity index (χ2n) is 4.15. The van der Waals surface area contributed by atoms with E-state index in [1.807, 2.05) is 12.3 Å². The molecule has 0 saturated carbocycles. The van der Waals surface area contributed by atoms with Crippen LogP contribution in [0.25, 0.3) is 11.3 Å². The molecule has 0 fully saturated rings. The van der Waals surface area contributed by atoms with Crippen molar-refractivity contribution in [2.75, 3.05) is 0 Å². The van der Waals surface area contributed by atoms with Gasteiger partial charge in [0.25, 0.3) is 0 Å². The third-order valence-corrected chi connectivity index (χ3v) is 3.00. The van der Waals surface area contributed by atoms with Crippen LogP contribution in [0.3, 0.4) is 0 Å². The second kappa shape index (κ2) is 3.29. The van der Waals surface area contributed by atoms with Crippen LogP contribution in [0.15, 0.2) is 29.0 Å². The SMILES string of the molecule is CC1(C)c2co[c-]c2-c2ncccc21.[Ir]. The van der Waals surface area contributed by atoms with Gasteiger partial charge in [0, 0.05) is 32.6 Å². The van der Waals surface area contributed by atoms with Crippen LogP contribution < -0.4 is 0 Å². The van der Waals surface area contributed by atoms with Crippen LogP contribution in [0, 0.1) is 6.26 Å². The monoisotopic (exact) mass is 377 g/mol. The van der Waals surface area contributed by atoms with E-state index >= 15 is 0 Å². The van der Waals surface area contributed by atoms with Crippen molar-refractivity contribution < 1.29 is 24.5 Å². The fourth-order valence-corrected chi connectivity index (χ4v) is 2.15. The molecule has 0 amide bonds. The van der Waals surface area contributed by atoms with E-state index in [1.54, 1.807) is 6.26 Å². The first kappa shape index (κ1) is 10.6. The van der Waals surface area contributed by atoms with Crippen LogP contribution in [0.2, 0.25) is 0 Å². The maximum atomic E-state index is 5.11. The molecule has 3 heteroatoms. The average Bonchev–Trinajstić information content (AvgIpc) is 2.72. The van der Waals surface area contributed by atoms with Gasteiger partial charge in [0.2, 0.25) is 0 Å². The summed E-state index contributed by atoms with van der Waals surface area (Å²) in [7, 11) is 0. The summed E-state index contributed by atoms with van der Waals surface area (Å²) in [4.78, 5) is 4.38. The van der Waals surface area contributed by atoms with Gasteiger partial charge in [-0.2, -0.15) is 0 Å². The van der Waals surface area contributed by atoms with Crippen molar-refractivity contribution in [2.45, 2.75) is 19.3 Å². The fraction of sp³-hybridized carbons (Fsp3) is 0.250. The molecular weight excluding hydrogens is 366 g/mol. The number of fused-ring (bicyclic) bond motifs is 3. The third kappa shape index (κ3) is 1.23. The molecular formula is C12H10IrNO-. The quantitative estimate of drug-likeness (QED) is 0.661. The van der Waals surface area contributed by atoms with E-state index in [2.05, 4.69) is 31.2 Å². The van der Waals surface area contributed by atoms with E-state index in [1.165, 1.54) is 11.1 Å². The summed E-state index contributed by atoms with van der Waals surface area (Å²) in [5.41, 5.74) is 4.48. The van der Waals surface area contributed by atoms with Gasteiger partial charge in [-0.3, -0.25) is 0 Å². The number of furan rings is 1. The molecule has 0 spiro atoms. The zero-order valence-electron chi connectivity index (χ0n) is 8.50. The summed E-state index contributed by atoms with van der Waals surface area (Å²) in [6, 6.07) is 4.10. The van der Waals surface area contributed by atoms with Gasteiger partial charge in [-0.1, -0.05) is 31.0 Å². The number of rotatable bonds is 0. The summed E-state index contributed by atoms with van der Waals surface area (Å²) >= 11 is 0. The van der Waals surface area contributed by atoms with Crippen LogP contribution in [-0.2, 0) is 25.5 Å². The molecule has 0 saturated heterocycles. The maximum absolute atomic E-state index is 5.11. The average molecular weight is 376 g/mol. The Morgan fingerprint density at radius 1 is 1.33 bits per heavy atom. The van der Waals surface area contributed by atoms with Gasteiger partial charge in [0.05, 0.1) is 0 Å². The van der Waals surface area contributed by atoms with Crippen molar-refractivity contribution >= 4 is 0 Å². The number of hydrogen-bond donors (Lipinski definition) is 0. The van der Waals surface area contributed by atoms with E-state index in [9.17, 15) is 0 Å². The normalized spacial score (nSPS) is 15.3. The Labute approximate surface area is 102 Å². The molecule has 2 nitrogen and oxygen atoms in total. The maximum Gasteiger partial charge on any atom is 0.0367 e. The van der Waals surface area contributed by atoms with Crippen molar-refractivity contribution in [2.24, 2.45) is 0 Å². The Morgan fingerprint density at radius 3 is 2.93 bits per heavy atom. The minimum atomic E-state index is 0. The Hall–Kier alpha value is -0.921. The summed E-state index contributed by atoms with van der Waals surface area (Å²) in [5.74, 6) is 0. The molecule has 15 heavy (non-hydrogen) atoms. The molecule has 0 atom stereocenters. The molecule has 2 aromatic rings. The largest absolute Gasteiger partial charge is 0.565 e. The number of nitrogens with zero attached hydrogens (tertiary/aromatic N) is 1. The molecule has 0 aromatic carbocycles. The first-order valence-electron chi connectivity index (χ1n) is 4.67. The predicted octanol–water partition coefficient (Wildman–Crippen LogP) is 2.78. The van der Waals surface area contributed by atoms with Gasteiger partial charge in [-0.25, -0.2) is 0 Å². The zero-order chi connectivity index (χ0) is 9.76. The molecule has 2 aromatic heterocycles. The van der Waals surface area contributed by atoms with Crippen LogP contribution in [-0.4, -0.2) is 4.98 Å². The Balaban J connectivity index is 0.000000853. The van der Waals surface area contributed by atoms with Gasteiger partial charge in [0.15, 0.2) is 0 Å². The molecule has 0 unspecified atom stereocenters. The van der Waals surface area contributed by atoms with Crippen LogP contribution in [0.5, 0.6) is 0 Å². The van der Waals surface area contributed by atoms with Crippen LogP contribution >= 0.6 is 0 Å². The fourth-order valence-electron chi connectivity index (χ4n) is 2.15. The topological polar surface area (TPSA) is 26.0 Å². The zero-order valence-corrected chi connectivity index (χ0v) is 10.9. The van der Waals surface area contributed by atoms with Crippen molar-refractivity contribution in [3.8, 4) is 11.3 Å². The summed E-state index contributed by atoms with van der Waals surface area (Å²) in [6.07, 6.45) is 6.48. The van der Waals surface area contributed by atoms with Gasteiger partial charge < -0.3 is 9.40 Å². The first-order valence-corrected chi connectivity index (χ1v) is 4.67. The molecule has 0 bridgehead atoms. The molecule has 1 aliphatic carbocycles. The molecule has 1 aliphatic rings. The van der Waals surface area contributed by atoms with E-state index in [0.29, 0.717) is 0 Å². The van der Waals surface area contributed by atoms with E-state index < -0.39 is 0 Å². The Bertz CT molecular complexity index is 502. The minimum Gasteiger partial charge on any atom is -0.565 e. The van der Waals surface area contributed by atoms with Crippen LogP contribution in [0.4, 0.5) is 0 Å². The standard InChI is InChI=1S/C12H10NO.Ir/c1-12(2)9-4-3-5-13-11(9)8-6-14-7-10(8)12;/h3-5,7H,1-2H3;/q-1;. The van der Waals surface area contributed by atoms with Gasteiger partial charge >= 0.3 is 0 Å². The molecule has 2 heterocycles. The van der Waals surface area contributed by atoms with Crippen molar-refractivity contribution in [3.05, 3.63) is 42.0 Å². The second-order valence-corrected chi connectivity index (χ2v) is 4.15. The Morgan fingerprint density at radius 2 is 2.13 bits per heavy atom. The number of hydrogen-bond acceptors (Lipinski definition) is 2. The van der Waals surface area contributed by atoms with Crippen LogP contribution in [0.1, 0.15) is 25.0 Å². The first-order chi connectivity index (χ1) is 6.71. The number of pyridine rings is 1. The van der Waals surface area contributed by atoms with Gasteiger partial charge in [-0.15, -0.1) is 5.56 Å². The van der Waals surface area contributed by atoms with E-state index in [4.69, 9.17) is 4.42 Å². The molecule has 0 aliphatic heterocycles. The molecule has 0 N–H and O–H groups in total. The summed E-state index contributed by atoms with van der Waals surface area (Å²) in [5, 5.41) is 0. The molecule has 1 radical (unpaired) electrons. The van der Waals surface area contributed by atoms with Gasteiger partial charge in [-0.05, 0) is 23.4 Å². The molecule has 3 rings (SSSR count). The van der Waals surface area contributed by atoms with Crippen molar-refractivity contribution in [1.82, 2.24) is 4.98 Å². The molecule has 79 valence electrons. The number of aromatic nitrogens is 1. The summed E-state index contributed by atoms with van der Waals surface area (Å²) < 4.78 is 5.11. The Kier molecular flexibility index (Phi) is 2.32. The van der Waals surface area contributed by atoms with Crippen molar-refractivity contribution in [3.63, 3.8) is 0 Å². The minimum absolute atomic E-state index is 0. The predicted molar refractivity (Wildman–Crippen MR) is 52.9 cm³/mol. The third-order valence-electron chi connectivity index (χ3n) is 3.00. The van der Waals surface area contributed by atoms with Crippen molar-refractivity contribution in [1.29, 1.82) is 0 Å². The van der Waals surface area contributed by atoms with E-state index in [-0.39, 0.29) is 25.5 Å².